The summed E-state index contributed by atoms with van der Waals surface area (Å²) in [6.07, 6.45) is 1.30. The van der Waals surface area contributed by atoms with Gasteiger partial charge in [0.1, 0.15) is 29.4 Å². The van der Waals surface area contributed by atoms with Crippen molar-refractivity contribution in [1.29, 1.82) is 0 Å². The molecule has 1 heterocycles. The summed E-state index contributed by atoms with van der Waals surface area (Å²) in [7, 11) is 3.19. The molecule has 1 amide bonds. The van der Waals surface area contributed by atoms with Crippen molar-refractivity contribution in [3.05, 3.63) is 113 Å². The fourth-order valence-corrected chi connectivity index (χ4v) is 3.82. The molecule has 0 saturated heterocycles. The third kappa shape index (κ3) is 7.14. The van der Waals surface area contributed by atoms with Crippen molar-refractivity contribution >= 4 is 5.91 Å². The van der Waals surface area contributed by atoms with Crippen molar-refractivity contribution in [2.75, 3.05) is 14.2 Å². The van der Waals surface area contributed by atoms with Crippen molar-refractivity contribution in [1.82, 2.24) is 15.2 Å². The number of aromatic nitrogens is 1. The summed E-state index contributed by atoms with van der Waals surface area (Å²) in [6.45, 7) is 1.43. The zero-order valence-corrected chi connectivity index (χ0v) is 20.5. The van der Waals surface area contributed by atoms with Gasteiger partial charge in [0.2, 0.25) is 5.89 Å². The summed E-state index contributed by atoms with van der Waals surface area (Å²) in [4.78, 5) is 19.0. The molecular formula is C28H27F2N3O4. The lowest BCUT2D eigenvalue weighted by atomic mass is 10.1. The molecule has 1 aromatic heterocycles. The largest absolute Gasteiger partial charge is 0.497 e. The highest BCUT2D eigenvalue weighted by Gasteiger charge is 2.18. The van der Waals surface area contributed by atoms with E-state index in [0.717, 1.165) is 16.7 Å². The molecule has 192 valence electrons. The van der Waals surface area contributed by atoms with Gasteiger partial charge >= 0.3 is 0 Å². The Labute approximate surface area is 213 Å². The molecule has 0 bridgehead atoms. The van der Waals surface area contributed by atoms with Gasteiger partial charge in [-0.25, -0.2) is 13.8 Å². The number of ether oxygens (including phenoxy) is 2. The number of carbonyl (C=O) groups excluding carboxylic acids is 1. The van der Waals surface area contributed by atoms with Crippen LogP contribution in [0.4, 0.5) is 8.78 Å². The highest BCUT2D eigenvalue weighted by Crippen LogP contribution is 2.26. The van der Waals surface area contributed by atoms with Crippen molar-refractivity contribution in [3.63, 3.8) is 0 Å². The normalized spacial score (nSPS) is 10.9. The monoisotopic (exact) mass is 507 g/mol. The summed E-state index contributed by atoms with van der Waals surface area (Å²) >= 11 is 0. The van der Waals surface area contributed by atoms with Crippen molar-refractivity contribution in [3.8, 4) is 11.5 Å². The first kappa shape index (κ1) is 25.8. The SMILES string of the molecule is COc1ccc(OC)c(CN(Cc2ccc(F)cc2)Cc2nc(C(=O)NCc3ccc(F)cc3)co2)c1. The number of methoxy groups -OCH3 is 2. The molecule has 4 rings (SSSR count). The number of oxazole rings is 1. The van der Waals surface area contributed by atoms with E-state index in [-0.39, 0.29) is 30.4 Å². The second-order valence-electron chi connectivity index (χ2n) is 8.39. The maximum atomic E-state index is 13.4. The van der Waals surface area contributed by atoms with E-state index in [1.807, 2.05) is 23.1 Å². The van der Waals surface area contributed by atoms with Crippen LogP contribution in [-0.4, -0.2) is 30.0 Å². The van der Waals surface area contributed by atoms with Gasteiger partial charge in [0.25, 0.3) is 5.91 Å². The van der Waals surface area contributed by atoms with Crippen LogP contribution in [0.25, 0.3) is 0 Å². The van der Waals surface area contributed by atoms with Crippen LogP contribution in [0, 0.1) is 11.6 Å². The molecule has 0 radical (unpaired) electrons. The number of halogens is 2. The van der Waals surface area contributed by atoms with Crippen LogP contribution in [0.1, 0.15) is 33.1 Å². The summed E-state index contributed by atoms with van der Waals surface area (Å²) < 4.78 is 43.0. The second-order valence-corrected chi connectivity index (χ2v) is 8.39. The predicted molar refractivity (Wildman–Crippen MR) is 133 cm³/mol. The second kappa shape index (κ2) is 12.1. The van der Waals surface area contributed by atoms with Crippen LogP contribution in [-0.2, 0) is 26.2 Å². The van der Waals surface area contributed by atoms with Gasteiger partial charge in [-0.1, -0.05) is 24.3 Å². The first-order valence-corrected chi connectivity index (χ1v) is 11.6. The van der Waals surface area contributed by atoms with Gasteiger partial charge in [-0.15, -0.1) is 0 Å². The fraction of sp³-hybridized carbons (Fsp3) is 0.214. The molecule has 0 unspecified atom stereocenters. The number of nitrogens with one attached hydrogen (secondary N) is 1. The summed E-state index contributed by atoms with van der Waals surface area (Å²) in [5, 5.41) is 2.75. The number of amides is 1. The standard InChI is InChI=1S/C28H27F2N3O4/c1-35-24-11-12-26(36-2)21(13-24)16-33(15-20-5-9-23(30)10-6-20)17-27-32-25(18-37-27)28(34)31-14-19-3-7-22(29)8-4-19/h3-13,18H,14-17H2,1-2H3,(H,31,34). The molecule has 0 aliphatic heterocycles. The first-order chi connectivity index (χ1) is 17.9. The van der Waals surface area contributed by atoms with Crippen LogP contribution in [0.15, 0.2) is 77.4 Å². The summed E-state index contributed by atoms with van der Waals surface area (Å²) in [5.74, 6) is 0.670. The number of hydrogen-bond acceptors (Lipinski definition) is 6. The molecule has 0 aliphatic carbocycles. The molecule has 0 fully saturated rings. The van der Waals surface area contributed by atoms with Crippen LogP contribution in [0.3, 0.4) is 0 Å². The molecular weight excluding hydrogens is 480 g/mol. The Balaban J connectivity index is 1.48. The van der Waals surface area contributed by atoms with Crippen LogP contribution < -0.4 is 14.8 Å². The Morgan fingerprint density at radius 1 is 0.892 bits per heavy atom. The van der Waals surface area contributed by atoms with Gasteiger partial charge in [0.05, 0.1) is 20.8 Å². The molecule has 0 spiro atoms. The zero-order valence-electron chi connectivity index (χ0n) is 20.5. The molecule has 37 heavy (non-hydrogen) atoms. The van der Waals surface area contributed by atoms with Crippen LogP contribution >= 0.6 is 0 Å². The Kier molecular flexibility index (Phi) is 8.48. The number of carbonyl (C=O) groups is 1. The Morgan fingerprint density at radius 3 is 2.22 bits per heavy atom. The Bertz CT molecular complexity index is 1320. The zero-order chi connectivity index (χ0) is 26.2. The van der Waals surface area contributed by atoms with Gasteiger partial charge in [-0.2, -0.15) is 0 Å². The quantitative estimate of drug-likeness (QED) is 0.304. The molecule has 7 nitrogen and oxygen atoms in total. The molecule has 0 atom stereocenters. The molecule has 9 heteroatoms. The minimum absolute atomic E-state index is 0.137. The first-order valence-electron chi connectivity index (χ1n) is 11.6. The van der Waals surface area contributed by atoms with Gasteiger partial charge < -0.3 is 19.2 Å². The van der Waals surface area contributed by atoms with Gasteiger partial charge in [0.15, 0.2) is 5.69 Å². The van der Waals surface area contributed by atoms with Crippen LogP contribution in [0.2, 0.25) is 0 Å². The van der Waals surface area contributed by atoms with E-state index in [1.54, 1.807) is 38.5 Å². The fourth-order valence-electron chi connectivity index (χ4n) is 3.82. The maximum Gasteiger partial charge on any atom is 0.273 e. The number of nitrogens with zero attached hydrogens (tertiary/aromatic N) is 2. The Hall–Kier alpha value is -4.24. The van der Waals surface area contributed by atoms with Gasteiger partial charge in [-0.05, 0) is 53.6 Å². The minimum atomic E-state index is -0.404. The highest BCUT2D eigenvalue weighted by molar-refractivity contribution is 5.91. The molecule has 3 aromatic carbocycles. The highest BCUT2D eigenvalue weighted by atomic mass is 19.1. The molecule has 0 saturated carbocycles. The van der Waals surface area contributed by atoms with E-state index < -0.39 is 5.91 Å². The van der Waals surface area contributed by atoms with Gasteiger partial charge in [0, 0.05) is 25.2 Å². The lowest BCUT2D eigenvalue weighted by Crippen LogP contribution is -2.24. The topological polar surface area (TPSA) is 76.8 Å². The van der Waals surface area contributed by atoms with Crippen molar-refractivity contribution in [2.45, 2.75) is 26.2 Å². The van der Waals surface area contributed by atoms with Crippen LogP contribution in [0.5, 0.6) is 11.5 Å². The number of rotatable bonds is 11. The average Bonchev–Trinajstić information content (AvgIpc) is 3.38. The van der Waals surface area contributed by atoms with E-state index in [9.17, 15) is 13.6 Å². The van der Waals surface area contributed by atoms with E-state index in [0.29, 0.717) is 30.5 Å². The third-order valence-electron chi connectivity index (χ3n) is 5.71. The summed E-state index contributed by atoms with van der Waals surface area (Å²) in [5.41, 5.74) is 2.67. The Morgan fingerprint density at radius 2 is 1.57 bits per heavy atom. The molecule has 1 N–H and O–H groups in total. The third-order valence-corrected chi connectivity index (χ3v) is 5.71. The van der Waals surface area contributed by atoms with E-state index >= 15 is 0 Å². The average molecular weight is 508 g/mol. The maximum absolute atomic E-state index is 13.4. The predicted octanol–water partition coefficient (Wildman–Crippen LogP) is 5.10. The van der Waals surface area contributed by atoms with Gasteiger partial charge in [-0.3, -0.25) is 9.69 Å². The molecule has 0 aliphatic rings. The molecule has 4 aromatic rings. The number of benzene rings is 3. The number of hydrogen-bond donors (Lipinski definition) is 1. The smallest absolute Gasteiger partial charge is 0.273 e. The van der Waals surface area contributed by atoms with E-state index in [1.165, 1.54) is 30.5 Å². The lowest BCUT2D eigenvalue weighted by molar-refractivity contribution is 0.0945. The van der Waals surface area contributed by atoms with E-state index in [4.69, 9.17) is 13.9 Å². The minimum Gasteiger partial charge on any atom is -0.497 e. The lowest BCUT2D eigenvalue weighted by Gasteiger charge is -2.22. The van der Waals surface area contributed by atoms with Crippen molar-refractivity contribution < 1.29 is 27.5 Å². The van der Waals surface area contributed by atoms with E-state index in [2.05, 4.69) is 10.3 Å². The summed E-state index contributed by atoms with van der Waals surface area (Å²) in [6, 6.07) is 17.7. The van der Waals surface area contributed by atoms with Crippen molar-refractivity contribution in [2.24, 2.45) is 0 Å².